The number of nitrogens with one attached hydrogen (secondary N) is 1. The van der Waals surface area contributed by atoms with Crippen LogP contribution in [0.2, 0.25) is 5.02 Å². The Labute approximate surface area is 159 Å². The van der Waals surface area contributed by atoms with E-state index in [-0.39, 0.29) is 11.7 Å². The Kier molecular flexibility index (Phi) is 5.98. The molecule has 0 fully saturated rings. The molecule has 2 heterocycles. The summed E-state index contributed by atoms with van der Waals surface area (Å²) in [6, 6.07) is 11.0. The zero-order chi connectivity index (χ0) is 18.4. The van der Waals surface area contributed by atoms with Crippen LogP contribution in [0, 0.1) is 0 Å². The Morgan fingerprint density at radius 1 is 1.35 bits per heavy atom. The van der Waals surface area contributed by atoms with Gasteiger partial charge < -0.3 is 4.57 Å². The molecule has 0 aliphatic carbocycles. The number of nitrogens with zero attached hydrogens (tertiary/aromatic N) is 5. The van der Waals surface area contributed by atoms with Crippen molar-refractivity contribution in [3.05, 3.63) is 59.4 Å². The standard InChI is InChI=1S/C17H15ClN6OS/c1-24-16(13-5-2-6-14(18)8-13)22-23-17(24)26-11-15(25)21-20-10-12-4-3-7-19-9-12/h2-10H,11H2,1H3,(H,21,25)/b20-10+. The van der Waals surface area contributed by atoms with Crippen molar-refractivity contribution in [2.45, 2.75) is 5.16 Å². The molecule has 1 amide bonds. The van der Waals surface area contributed by atoms with E-state index in [4.69, 9.17) is 11.6 Å². The molecule has 0 saturated heterocycles. The number of halogens is 1. The second-order valence-corrected chi connectivity index (χ2v) is 6.62. The summed E-state index contributed by atoms with van der Waals surface area (Å²) in [6.45, 7) is 0. The molecule has 0 aliphatic heterocycles. The van der Waals surface area contributed by atoms with Gasteiger partial charge in [-0.2, -0.15) is 5.10 Å². The largest absolute Gasteiger partial charge is 0.305 e. The van der Waals surface area contributed by atoms with Gasteiger partial charge in [0.25, 0.3) is 5.91 Å². The number of hydrogen-bond acceptors (Lipinski definition) is 6. The second kappa shape index (κ2) is 8.59. The lowest BCUT2D eigenvalue weighted by Gasteiger charge is -2.04. The molecular formula is C17H15ClN6OS. The fourth-order valence-electron chi connectivity index (χ4n) is 2.11. The number of hydrogen-bond donors (Lipinski definition) is 1. The number of benzene rings is 1. The summed E-state index contributed by atoms with van der Waals surface area (Å²) in [4.78, 5) is 15.9. The van der Waals surface area contributed by atoms with E-state index in [9.17, 15) is 4.79 Å². The van der Waals surface area contributed by atoms with Crippen molar-refractivity contribution in [2.75, 3.05) is 5.75 Å². The fourth-order valence-corrected chi connectivity index (χ4v) is 3.01. The molecule has 7 nitrogen and oxygen atoms in total. The van der Waals surface area contributed by atoms with Gasteiger partial charge in [-0.15, -0.1) is 10.2 Å². The van der Waals surface area contributed by atoms with Gasteiger partial charge in [0.1, 0.15) is 0 Å². The smallest absolute Gasteiger partial charge is 0.250 e. The van der Waals surface area contributed by atoms with Gasteiger partial charge in [-0.05, 0) is 18.2 Å². The lowest BCUT2D eigenvalue weighted by atomic mass is 10.2. The molecule has 0 bridgehead atoms. The first-order valence-corrected chi connectivity index (χ1v) is 9.00. The van der Waals surface area contributed by atoms with Crippen molar-refractivity contribution in [1.82, 2.24) is 25.2 Å². The van der Waals surface area contributed by atoms with E-state index >= 15 is 0 Å². The summed E-state index contributed by atoms with van der Waals surface area (Å²) in [5, 5.41) is 13.5. The topological polar surface area (TPSA) is 85.1 Å². The lowest BCUT2D eigenvalue weighted by Crippen LogP contribution is -2.19. The zero-order valence-corrected chi connectivity index (χ0v) is 15.4. The lowest BCUT2D eigenvalue weighted by molar-refractivity contribution is -0.118. The average molecular weight is 387 g/mol. The number of hydrazone groups is 1. The summed E-state index contributed by atoms with van der Waals surface area (Å²) in [6.07, 6.45) is 4.86. The van der Waals surface area contributed by atoms with E-state index in [0.29, 0.717) is 16.0 Å². The summed E-state index contributed by atoms with van der Waals surface area (Å²) in [5.41, 5.74) is 4.14. The van der Waals surface area contributed by atoms with Crippen molar-refractivity contribution in [2.24, 2.45) is 12.1 Å². The number of rotatable bonds is 6. The van der Waals surface area contributed by atoms with Crippen LogP contribution in [0.15, 0.2) is 59.0 Å². The van der Waals surface area contributed by atoms with Crippen LogP contribution in [-0.4, -0.2) is 37.6 Å². The summed E-state index contributed by atoms with van der Waals surface area (Å²) in [7, 11) is 1.84. The average Bonchev–Trinajstić information content (AvgIpc) is 3.01. The zero-order valence-electron chi connectivity index (χ0n) is 13.8. The van der Waals surface area contributed by atoms with Crippen LogP contribution in [0.1, 0.15) is 5.56 Å². The first-order valence-electron chi connectivity index (χ1n) is 7.63. The van der Waals surface area contributed by atoms with Crippen molar-refractivity contribution >= 4 is 35.5 Å². The van der Waals surface area contributed by atoms with Gasteiger partial charge in [-0.3, -0.25) is 9.78 Å². The molecule has 0 unspecified atom stereocenters. The monoisotopic (exact) mass is 386 g/mol. The van der Waals surface area contributed by atoms with Gasteiger partial charge in [-0.25, -0.2) is 5.43 Å². The Hall–Kier alpha value is -2.71. The summed E-state index contributed by atoms with van der Waals surface area (Å²) in [5.74, 6) is 0.624. The highest BCUT2D eigenvalue weighted by Crippen LogP contribution is 2.24. The molecule has 3 rings (SSSR count). The highest BCUT2D eigenvalue weighted by Gasteiger charge is 2.13. The molecule has 9 heteroatoms. The molecule has 132 valence electrons. The number of carbonyl (C=O) groups excluding carboxylic acids is 1. The Morgan fingerprint density at radius 3 is 3.00 bits per heavy atom. The molecule has 0 aliphatic rings. The molecule has 2 aromatic heterocycles. The molecule has 26 heavy (non-hydrogen) atoms. The van der Waals surface area contributed by atoms with E-state index in [1.165, 1.54) is 18.0 Å². The van der Waals surface area contributed by atoms with Gasteiger partial charge in [0.05, 0.1) is 12.0 Å². The first-order chi connectivity index (χ1) is 12.6. The number of amides is 1. The minimum absolute atomic E-state index is 0.173. The van der Waals surface area contributed by atoms with Crippen LogP contribution in [-0.2, 0) is 11.8 Å². The number of aromatic nitrogens is 4. The predicted octanol–water partition coefficient (Wildman–Crippen LogP) is 2.77. The third kappa shape index (κ3) is 4.68. The van der Waals surface area contributed by atoms with E-state index in [2.05, 4.69) is 25.7 Å². The highest BCUT2D eigenvalue weighted by molar-refractivity contribution is 7.99. The van der Waals surface area contributed by atoms with Gasteiger partial charge >= 0.3 is 0 Å². The molecule has 1 N–H and O–H groups in total. The van der Waals surface area contributed by atoms with Crippen LogP contribution in [0.5, 0.6) is 0 Å². The number of pyridine rings is 1. The van der Waals surface area contributed by atoms with Crippen LogP contribution in [0.3, 0.4) is 0 Å². The van der Waals surface area contributed by atoms with E-state index in [0.717, 1.165) is 11.1 Å². The second-order valence-electron chi connectivity index (χ2n) is 5.24. The fraction of sp³-hybridized carbons (Fsp3) is 0.118. The number of carbonyl (C=O) groups is 1. The maximum absolute atomic E-state index is 11.9. The predicted molar refractivity (Wildman–Crippen MR) is 102 cm³/mol. The van der Waals surface area contributed by atoms with E-state index in [1.54, 1.807) is 24.5 Å². The third-order valence-corrected chi connectivity index (χ3v) is 4.59. The minimum atomic E-state index is -0.234. The van der Waals surface area contributed by atoms with Crippen LogP contribution >= 0.6 is 23.4 Å². The molecule has 1 aromatic carbocycles. The molecule has 3 aromatic rings. The first kappa shape index (κ1) is 18.1. The van der Waals surface area contributed by atoms with Gasteiger partial charge in [0.15, 0.2) is 11.0 Å². The maximum atomic E-state index is 11.9. The molecule has 0 atom stereocenters. The van der Waals surface area contributed by atoms with Crippen molar-refractivity contribution < 1.29 is 4.79 Å². The van der Waals surface area contributed by atoms with Gasteiger partial charge in [0, 0.05) is 35.6 Å². The third-order valence-electron chi connectivity index (χ3n) is 3.34. The van der Waals surface area contributed by atoms with Crippen molar-refractivity contribution in [1.29, 1.82) is 0 Å². The SMILES string of the molecule is Cn1c(SCC(=O)N/N=C/c2cccnc2)nnc1-c1cccc(Cl)c1. The van der Waals surface area contributed by atoms with Crippen molar-refractivity contribution in [3.8, 4) is 11.4 Å². The Bertz CT molecular complexity index is 928. The minimum Gasteiger partial charge on any atom is -0.305 e. The van der Waals surface area contributed by atoms with Crippen molar-refractivity contribution in [3.63, 3.8) is 0 Å². The highest BCUT2D eigenvalue weighted by atomic mass is 35.5. The Morgan fingerprint density at radius 2 is 2.23 bits per heavy atom. The van der Waals surface area contributed by atoms with E-state index < -0.39 is 0 Å². The van der Waals surface area contributed by atoms with E-state index in [1.807, 2.05) is 35.9 Å². The van der Waals surface area contributed by atoms with Crippen LogP contribution in [0.25, 0.3) is 11.4 Å². The number of thioether (sulfide) groups is 1. The molecule has 0 spiro atoms. The molecule has 0 saturated carbocycles. The normalized spacial score (nSPS) is 11.0. The van der Waals surface area contributed by atoms with Crippen LogP contribution in [0.4, 0.5) is 0 Å². The quantitative estimate of drug-likeness (QED) is 0.400. The maximum Gasteiger partial charge on any atom is 0.250 e. The Balaban J connectivity index is 1.56. The summed E-state index contributed by atoms with van der Waals surface area (Å²) >= 11 is 7.30. The van der Waals surface area contributed by atoms with Crippen LogP contribution < -0.4 is 5.43 Å². The van der Waals surface area contributed by atoms with Gasteiger partial charge in [0.2, 0.25) is 0 Å². The summed E-state index contributed by atoms with van der Waals surface area (Å²) < 4.78 is 1.82. The molecule has 0 radical (unpaired) electrons. The molecular weight excluding hydrogens is 372 g/mol. The van der Waals surface area contributed by atoms with Gasteiger partial charge in [-0.1, -0.05) is 41.6 Å².